The molecule has 0 heterocycles. The summed E-state index contributed by atoms with van der Waals surface area (Å²) in [5.41, 5.74) is 5.73. The van der Waals surface area contributed by atoms with E-state index in [9.17, 15) is 0 Å². The molecule has 110 valence electrons. The fourth-order valence-electron chi connectivity index (χ4n) is 3.24. The van der Waals surface area contributed by atoms with Crippen molar-refractivity contribution < 1.29 is 0 Å². The molecular weight excluding hydrogens is 322 g/mol. The number of benzene rings is 2. The Morgan fingerprint density at radius 1 is 1.14 bits per heavy atom. The highest BCUT2D eigenvalue weighted by atomic mass is 79.9. The molecule has 3 rings (SSSR count). The summed E-state index contributed by atoms with van der Waals surface area (Å²) < 4.78 is 1.24. The van der Waals surface area contributed by atoms with Gasteiger partial charge in [-0.05, 0) is 61.4 Å². The third-order valence-electron chi connectivity index (χ3n) is 4.49. The van der Waals surface area contributed by atoms with Crippen molar-refractivity contribution in [3.05, 3.63) is 69.2 Å². The minimum absolute atomic E-state index is 0.411. The molecule has 0 aliphatic heterocycles. The summed E-state index contributed by atoms with van der Waals surface area (Å²) in [6.07, 6.45) is 3.54. The second-order valence-corrected chi connectivity index (χ2v) is 6.96. The van der Waals surface area contributed by atoms with Crippen LogP contribution < -0.4 is 5.32 Å². The quantitative estimate of drug-likeness (QED) is 0.829. The number of rotatable bonds is 3. The molecule has 0 aromatic heterocycles. The van der Waals surface area contributed by atoms with E-state index in [-0.39, 0.29) is 0 Å². The zero-order chi connectivity index (χ0) is 14.8. The van der Waals surface area contributed by atoms with Gasteiger partial charge in [-0.1, -0.05) is 52.3 Å². The average Bonchev–Trinajstić information content (AvgIpc) is 2.49. The SMILES string of the molecule is Cc1cc2c(cc1Br)CC[C@@H](N[C@@H](C)c1ccccc1)C2. The number of nitrogens with one attached hydrogen (secondary N) is 1. The molecule has 0 unspecified atom stereocenters. The molecule has 2 aromatic rings. The lowest BCUT2D eigenvalue weighted by Gasteiger charge is -2.29. The highest BCUT2D eigenvalue weighted by Gasteiger charge is 2.21. The zero-order valence-electron chi connectivity index (χ0n) is 12.7. The van der Waals surface area contributed by atoms with Crippen molar-refractivity contribution in [1.29, 1.82) is 0 Å². The number of aryl methyl sites for hydroxylation is 2. The highest BCUT2D eigenvalue weighted by molar-refractivity contribution is 9.10. The Morgan fingerprint density at radius 3 is 2.67 bits per heavy atom. The Hall–Kier alpha value is -1.12. The van der Waals surface area contributed by atoms with Gasteiger partial charge in [0.25, 0.3) is 0 Å². The van der Waals surface area contributed by atoms with Crippen molar-refractivity contribution in [2.75, 3.05) is 0 Å². The normalized spacial score (nSPS) is 19.1. The monoisotopic (exact) mass is 343 g/mol. The van der Waals surface area contributed by atoms with Gasteiger partial charge in [0.2, 0.25) is 0 Å². The first kappa shape index (κ1) is 14.8. The minimum atomic E-state index is 0.411. The van der Waals surface area contributed by atoms with Crippen LogP contribution in [0, 0.1) is 6.92 Å². The maximum absolute atomic E-state index is 3.80. The van der Waals surface area contributed by atoms with Crippen LogP contribution in [0.15, 0.2) is 46.9 Å². The third kappa shape index (κ3) is 3.38. The lowest BCUT2D eigenvalue weighted by Crippen LogP contribution is -2.36. The van der Waals surface area contributed by atoms with E-state index in [1.54, 1.807) is 0 Å². The van der Waals surface area contributed by atoms with Crippen molar-refractivity contribution in [2.24, 2.45) is 0 Å². The lowest BCUT2D eigenvalue weighted by molar-refractivity contribution is 0.413. The molecule has 21 heavy (non-hydrogen) atoms. The van der Waals surface area contributed by atoms with Crippen molar-refractivity contribution >= 4 is 15.9 Å². The predicted molar refractivity (Wildman–Crippen MR) is 92.7 cm³/mol. The summed E-state index contributed by atoms with van der Waals surface area (Å²) >= 11 is 3.64. The summed E-state index contributed by atoms with van der Waals surface area (Å²) in [4.78, 5) is 0. The van der Waals surface area contributed by atoms with Crippen molar-refractivity contribution in [3.63, 3.8) is 0 Å². The molecule has 0 bridgehead atoms. The second-order valence-electron chi connectivity index (χ2n) is 6.11. The standard InChI is InChI=1S/C19H22BrN/c1-13-10-17-11-18(9-8-16(17)12-19(13)20)21-14(2)15-6-4-3-5-7-15/h3-7,10,12,14,18,21H,8-9,11H2,1-2H3/t14-,18+/m0/s1. The summed E-state index contributed by atoms with van der Waals surface area (Å²) in [6, 6.07) is 16.4. The second kappa shape index (κ2) is 6.33. The van der Waals surface area contributed by atoms with Crippen LogP contribution in [0.5, 0.6) is 0 Å². The topological polar surface area (TPSA) is 12.0 Å². The Balaban J connectivity index is 1.70. The van der Waals surface area contributed by atoms with Crippen molar-refractivity contribution in [2.45, 2.75) is 45.2 Å². The van der Waals surface area contributed by atoms with E-state index < -0.39 is 0 Å². The van der Waals surface area contributed by atoms with Crippen LogP contribution in [-0.2, 0) is 12.8 Å². The average molecular weight is 344 g/mol. The van der Waals surface area contributed by atoms with E-state index in [0.29, 0.717) is 12.1 Å². The van der Waals surface area contributed by atoms with E-state index in [1.807, 2.05) is 0 Å². The Labute approximate surface area is 135 Å². The van der Waals surface area contributed by atoms with Gasteiger partial charge in [0.05, 0.1) is 0 Å². The first-order valence-corrected chi connectivity index (χ1v) is 8.51. The van der Waals surface area contributed by atoms with Crippen LogP contribution in [0.25, 0.3) is 0 Å². The molecule has 0 saturated carbocycles. The third-order valence-corrected chi connectivity index (χ3v) is 5.35. The number of halogens is 1. The van der Waals surface area contributed by atoms with Gasteiger partial charge in [0.15, 0.2) is 0 Å². The molecule has 1 N–H and O–H groups in total. The van der Waals surface area contributed by atoms with Crippen LogP contribution >= 0.6 is 15.9 Å². The van der Waals surface area contributed by atoms with Crippen LogP contribution in [0.1, 0.15) is 41.6 Å². The summed E-state index contributed by atoms with van der Waals surface area (Å²) in [5, 5.41) is 3.80. The molecule has 2 atom stereocenters. The molecule has 2 aromatic carbocycles. The van der Waals surface area contributed by atoms with E-state index in [0.717, 1.165) is 6.42 Å². The molecule has 1 nitrogen and oxygen atoms in total. The molecule has 0 fully saturated rings. The number of fused-ring (bicyclic) bond motifs is 1. The Morgan fingerprint density at radius 2 is 1.90 bits per heavy atom. The fourth-order valence-corrected chi connectivity index (χ4v) is 3.63. The minimum Gasteiger partial charge on any atom is -0.307 e. The summed E-state index contributed by atoms with van der Waals surface area (Å²) in [5.74, 6) is 0. The van der Waals surface area contributed by atoms with Gasteiger partial charge in [-0.25, -0.2) is 0 Å². The number of hydrogen-bond donors (Lipinski definition) is 1. The predicted octanol–water partition coefficient (Wildman–Crippen LogP) is 4.97. The molecule has 1 aliphatic rings. The Kier molecular flexibility index (Phi) is 4.46. The van der Waals surface area contributed by atoms with Gasteiger partial charge < -0.3 is 5.32 Å². The molecular formula is C19H22BrN. The smallest absolute Gasteiger partial charge is 0.0294 e. The summed E-state index contributed by atoms with van der Waals surface area (Å²) in [7, 11) is 0. The maximum atomic E-state index is 3.80. The highest BCUT2D eigenvalue weighted by Crippen LogP contribution is 2.28. The Bertz CT molecular complexity index is 621. The molecule has 0 saturated heterocycles. The molecule has 2 heteroatoms. The van der Waals surface area contributed by atoms with E-state index in [1.165, 1.54) is 39.6 Å². The first-order chi connectivity index (χ1) is 10.1. The van der Waals surface area contributed by atoms with Crippen LogP contribution in [0.3, 0.4) is 0 Å². The first-order valence-electron chi connectivity index (χ1n) is 7.72. The largest absolute Gasteiger partial charge is 0.307 e. The van der Waals surface area contributed by atoms with E-state index >= 15 is 0 Å². The molecule has 0 amide bonds. The molecule has 1 aliphatic carbocycles. The van der Waals surface area contributed by atoms with Crippen LogP contribution in [-0.4, -0.2) is 6.04 Å². The van der Waals surface area contributed by atoms with Crippen LogP contribution in [0.4, 0.5) is 0 Å². The van der Waals surface area contributed by atoms with Gasteiger partial charge >= 0.3 is 0 Å². The van der Waals surface area contributed by atoms with E-state index in [2.05, 4.69) is 77.6 Å². The number of hydrogen-bond acceptors (Lipinski definition) is 1. The lowest BCUT2D eigenvalue weighted by atomic mass is 9.87. The van der Waals surface area contributed by atoms with Crippen molar-refractivity contribution in [1.82, 2.24) is 5.32 Å². The molecule has 0 spiro atoms. The zero-order valence-corrected chi connectivity index (χ0v) is 14.3. The van der Waals surface area contributed by atoms with E-state index in [4.69, 9.17) is 0 Å². The van der Waals surface area contributed by atoms with Gasteiger partial charge in [-0.3, -0.25) is 0 Å². The van der Waals surface area contributed by atoms with Gasteiger partial charge in [0.1, 0.15) is 0 Å². The maximum Gasteiger partial charge on any atom is 0.0294 e. The molecule has 0 radical (unpaired) electrons. The van der Waals surface area contributed by atoms with Gasteiger partial charge in [0, 0.05) is 16.6 Å². The fraction of sp³-hybridized carbons (Fsp3) is 0.368. The van der Waals surface area contributed by atoms with Crippen molar-refractivity contribution in [3.8, 4) is 0 Å². The van der Waals surface area contributed by atoms with Gasteiger partial charge in [-0.15, -0.1) is 0 Å². The van der Waals surface area contributed by atoms with Gasteiger partial charge in [-0.2, -0.15) is 0 Å². The summed E-state index contributed by atoms with van der Waals surface area (Å²) in [6.45, 7) is 4.44. The van der Waals surface area contributed by atoms with Crippen LogP contribution in [0.2, 0.25) is 0 Å².